The maximum absolute atomic E-state index is 12.4. The zero-order valence-corrected chi connectivity index (χ0v) is 15.3. The summed E-state index contributed by atoms with van der Waals surface area (Å²) in [5, 5.41) is 3.34. The van der Waals surface area contributed by atoms with E-state index < -0.39 is 6.61 Å². The molecular weight excluding hydrogens is 350 g/mol. The number of thioether (sulfide) groups is 1. The Balaban J connectivity index is 1.97. The Hall–Kier alpha value is -1.54. The molecule has 0 spiro atoms. The number of hydrogen-bond acceptors (Lipinski definition) is 5. The van der Waals surface area contributed by atoms with Crippen molar-refractivity contribution in [3.05, 3.63) is 23.8 Å². The van der Waals surface area contributed by atoms with Crippen LogP contribution in [0.1, 0.15) is 18.9 Å². The highest BCUT2D eigenvalue weighted by molar-refractivity contribution is 7.99. The minimum Gasteiger partial charge on any atom is -0.490 e. The number of benzene rings is 1. The first-order chi connectivity index (χ1) is 12.0. The van der Waals surface area contributed by atoms with E-state index >= 15 is 0 Å². The van der Waals surface area contributed by atoms with E-state index in [1.165, 1.54) is 6.07 Å². The van der Waals surface area contributed by atoms with E-state index in [-0.39, 0.29) is 23.4 Å². The summed E-state index contributed by atoms with van der Waals surface area (Å²) >= 11 is 1.85. The van der Waals surface area contributed by atoms with Crippen molar-refractivity contribution in [1.29, 1.82) is 0 Å². The van der Waals surface area contributed by atoms with Crippen LogP contribution in [-0.4, -0.2) is 55.2 Å². The van der Waals surface area contributed by atoms with Gasteiger partial charge >= 0.3 is 6.61 Å². The van der Waals surface area contributed by atoms with Gasteiger partial charge in [-0.2, -0.15) is 20.5 Å². The summed E-state index contributed by atoms with van der Waals surface area (Å²) in [4.78, 5) is 14.0. The number of alkyl halides is 2. The van der Waals surface area contributed by atoms with Gasteiger partial charge < -0.3 is 19.7 Å². The second kappa shape index (κ2) is 9.82. The molecule has 1 amide bonds. The number of nitrogens with zero attached hydrogens (tertiary/aromatic N) is 1. The third-order valence-corrected chi connectivity index (χ3v) is 4.92. The van der Waals surface area contributed by atoms with Crippen molar-refractivity contribution in [2.75, 3.05) is 31.7 Å². The summed E-state index contributed by atoms with van der Waals surface area (Å²) < 4.78 is 34.7. The fourth-order valence-electron chi connectivity index (χ4n) is 2.59. The first-order valence-corrected chi connectivity index (χ1v) is 9.40. The van der Waals surface area contributed by atoms with Crippen LogP contribution in [0.25, 0.3) is 0 Å². The number of ether oxygens (including phenoxy) is 2. The van der Waals surface area contributed by atoms with Gasteiger partial charge in [0.15, 0.2) is 11.5 Å². The van der Waals surface area contributed by atoms with Crippen molar-refractivity contribution < 1.29 is 23.0 Å². The van der Waals surface area contributed by atoms with Gasteiger partial charge in [0.05, 0.1) is 6.61 Å². The van der Waals surface area contributed by atoms with E-state index in [1.54, 1.807) is 31.0 Å². The maximum atomic E-state index is 12.4. The molecule has 1 aromatic carbocycles. The first-order valence-electron chi connectivity index (χ1n) is 8.25. The second-order valence-electron chi connectivity index (χ2n) is 5.77. The molecule has 0 aliphatic carbocycles. The molecule has 1 aromatic rings. The molecule has 0 bridgehead atoms. The third kappa shape index (κ3) is 6.36. The predicted molar refractivity (Wildman–Crippen MR) is 94.4 cm³/mol. The Morgan fingerprint density at radius 2 is 2.24 bits per heavy atom. The van der Waals surface area contributed by atoms with Crippen molar-refractivity contribution in [3.8, 4) is 11.5 Å². The summed E-state index contributed by atoms with van der Waals surface area (Å²) in [5.74, 6) is 2.32. The van der Waals surface area contributed by atoms with E-state index in [1.807, 2.05) is 11.8 Å². The smallest absolute Gasteiger partial charge is 0.387 e. The molecule has 1 saturated heterocycles. The number of carbonyl (C=O) groups excluding carboxylic acids is 1. The number of halogens is 2. The van der Waals surface area contributed by atoms with Crippen molar-refractivity contribution in [3.63, 3.8) is 0 Å². The Labute approximate surface area is 151 Å². The van der Waals surface area contributed by atoms with Crippen LogP contribution in [-0.2, 0) is 11.3 Å². The topological polar surface area (TPSA) is 50.8 Å². The summed E-state index contributed by atoms with van der Waals surface area (Å²) in [5.41, 5.74) is 0.798. The quantitative estimate of drug-likeness (QED) is 0.758. The zero-order valence-electron chi connectivity index (χ0n) is 14.5. The predicted octanol–water partition coefficient (Wildman–Crippen LogP) is 2.74. The Kier molecular flexibility index (Phi) is 7.77. The van der Waals surface area contributed by atoms with Gasteiger partial charge in [0.1, 0.15) is 0 Å². The summed E-state index contributed by atoms with van der Waals surface area (Å²) in [6.07, 6.45) is 0.453. The molecule has 0 radical (unpaired) electrons. The van der Waals surface area contributed by atoms with Crippen LogP contribution in [0.5, 0.6) is 11.5 Å². The molecule has 0 aromatic heterocycles. The first kappa shape index (κ1) is 19.8. The largest absolute Gasteiger partial charge is 0.490 e. The van der Waals surface area contributed by atoms with Crippen molar-refractivity contribution >= 4 is 17.7 Å². The zero-order chi connectivity index (χ0) is 18.2. The minimum atomic E-state index is -2.91. The lowest BCUT2D eigenvalue weighted by Crippen LogP contribution is -2.41. The lowest BCUT2D eigenvalue weighted by Gasteiger charge is -2.25. The monoisotopic (exact) mass is 374 g/mol. The van der Waals surface area contributed by atoms with Crippen LogP contribution in [0, 0.1) is 0 Å². The number of nitrogens with one attached hydrogen (secondary N) is 1. The van der Waals surface area contributed by atoms with Crippen LogP contribution in [0.2, 0.25) is 0 Å². The van der Waals surface area contributed by atoms with Crippen molar-refractivity contribution in [2.45, 2.75) is 32.5 Å². The molecule has 140 valence electrons. The van der Waals surface area contributed by atoms with Crippen LogP contribution < -0.4 is 14.8 Å². The molecule has 8 heteroatoms. The fourth-order valence-corrected chi connectivity index (χ4v) is 3.54. The molecule has 1 N–H and O–H groups in total. The molecule has 1 heterocycles. The number of carbonyl (C=O) groups is 1. The van der Waals surface area contributed by atoms with Gasteiger partial charge in [-0.15, -0.1) is 0 Å². The highest BCUT2D eigenvalue weighted by atomic mass is 32.2. The molecule has 1 atom stereocenters. The van der Waals surface area contributed by atoms with Gasteiger partial charge in [0, 0.05) is 44.1 Å². The average Bonchev–Trinajstić information content (AvgIpc) is 2.58. The summed E-state index contributed by atoms with van der Waals surface area (Å²) in [6.45, 7) is 0.505. The molecule has 25 heavy (non-hydrogen) atoms. The molecule has 1 aliphatic rings. The third-order valence-electron chi connectivity index (χ3n) is 3.79. The van der Waals surface area contributed by atoms with Gasteiger partial charge in [-0.3, -0.25) is 4.79 Å². The molecule has 2 rings (SSSR count). The molecule has 0 saturated carbocycles. The lowest BCUT2D eigenvalue weighted by molar-refractivity contribution is -0.130. The average molecular weight is 374 g/mol. The molecule has 1 fully saturated rings. The Morgan fingerprint density at radius 1 is 1.44 bits per heavy atom. The van der Waals surface area contributed by atoms with E-state index in [0.29, 0.717) is 19.6 Å². The van der Waals surface area contributed by atoms with Crippen LogP contribution >= 0.6 is 11.8 Å². The lowest BCUT2D eigenvalue weighted by atomic mass is 10.1. The van der Waals surface area contributed by atoms with Crippen LogP contribution in [0.3, 0.4) is 0 Å². The van der Waals surface area contributed by atoms with Crippen LogP contribution in [0.15, 0.2) is 18.2 Å². The summed E-state index contributed by atoms with van der Waals surface area (Å²) in [7, 11) is 1.74. The van der Waals surface area contributed by atoms with E-state index in [2.05, 4.69) is 10.1 Å². The molecule has 1 unspecified atom stereocenters. The minimum absolute atomic E-state index is 0.00184. The highest BCUT2D eigenvalue weighted by Crippen LogP contribution is 2.30. The van der Waals surface area contributed by atoms with Crippen LogP contribution in [0.4, 0.5) is 8.78 Å². The standard InChI is InChI=1S/C17H24F2N2O3S/c1-3-23-15-8-12(4-5-14(15)24-17(18)19)10-21(2)16(22)9-13-11-25-7-6-20-13/h4-5,8,13,17,20H,3,6-7,9-11H2,1-2H3. The van der Waals surface area contributed by atoms with Crippen molar-refractivity contribution in [1.82, 2.24) is 10.2 Å². The number of rotatable bonds is 8. The van der Waals surface area contributed by atoms with Crippen molar-refractivity contribution in [2.24, 2.45) is 0 Å². The Bertz CT molecular complexity index is 569. The molecular formula is C17H24F2N2O3S. The molecule has 5 nitrogen and oxygen atoms in total. The molecule has 1 aliphatic heterocycles. The number of amides is 1. The number of hydrogen-bond donors (Lipinski definition) is 1. The van der Waals surface area contributed by atoms with Gasteiger partial charge in [-0.05, 0) is 24.6 Å². The van der Waals surface area contributed by atoms with E-state index in [9.17, 15) is 13.6 Å². The Morgan fingerprint density at radius 3 is 2.88 bits per heavy atom. The SMILES string of the molecule is CCOc1cc(CN(C)C(=O)CC2CSCCN2)ccc1OC(F)F. The maximum Gasteiger partial charge on any atom is 0.387 e. The van der Waals surface area contributed by atoms with E-state index in [0.717, 1.165) is 23.6 Å². The van der Waals surface area contributed by atoms with Gasteiger partial charge in [0.2, 0.25) is 5.91 Å². The van der Waals surface area contributed by atoms with Gasteiger partial charge in [0.25, 0.3) is 0 Å². The summed E-state index contributed by atoms with van der Waals surface area (Å²) in [6, 6.07) is 4.96. The van der Waals surface area contributed by atoms with E-state index in [4.69, 9.17) is 4.74 Å². The highest BCUT2D eigenvalue weighted by Gasteiger charge is 2.20. The van der Waals surface area contributed by atoms with Gasteiger partial charge in [-0.1, -0.05) is 6.07 Å². The normalized spacial score (nSPS) is 17.4. The second-order valence-corrected chi connectivity index (χ2v) is 6.92. The van der Waals surface area contributed by atoms with Gasteiger partial charge in [-0.25, -0.2) is 0 Å². The fraction of sp³-hybridized carbons (Fsp3) is 0.588.